The zero-order chi connectivity index (χ0) is 22.9. The standard InChI is InChI=1S/C29H30ClN3O/c30-24-9-7-22(8-10-24)27-26-6-3-11-32(26)25-5-2-1-4-23(25)18-33(27)28(34)31-29-15-19-12-20(16-29)14-21(13-19)17-29/h1-11,19-21,27H,12-18H2,(H,31,34). The van der Waals surface area contributed by atoms with Crippen molar-refractivity contribution in [3.8, 4) is 5.69 Å². The second-order valence-corrected chi connectivity index (χ2v) is 11.6. The second-order valence-electron chi connectivity index (χ2n) is 11.1. The number of urea groups is 1. The molecule has 1 aliphatic heterocycles. The van der Waals surface area contributed by atoms with Crippen molar-refractivity contribution in [3.05, 3.63) is 88.7 Å². The lowest BCUT2D eigenvalue weighted by molar-refractivity contribution is -0.0163. The lowest BCUT2D eigenvalue weighted by Crippen LogP contribution is -2.62. The summed E-state index contributed by atoms with van der Waals surface area (Å²) in [5.41, 5.74) is 4.47. The predicted octanol–water partition coefficient (Wildman–Crippen LogP) is 6.71. The van der Waals surface area contributed by atoms with E-state index < -0.39 is 0 Å². The number of carbonyl (C=O) groups excluding carboxylic acids is 1. The zero-order valence-corrected chi connectivity index (χ0v) is 20.0. The van der Waals surface area contributed by atoms with Gasteiger partial charge in [-0.3, -0.25) is 0 Å². The first-order chi connectivity index (χ1) is 16.6. The molecule has 4 nitrogen and oxygen atoms in total. The molecule has 2 amide bonds. The first kappa shape index (κ1) is 20.6. The molecule has 1 atom stereocenters. The van der Waals surface area contributed by atoms with Crippen molar-refractivity contribution in [2.75, 3.05) is 0 Å². The molecule has 0 radical (unpaired) electrons. The minimum atomic E-state index is -0.187. The average molecular weight is 472 g/mol. The predicted molar refractivity (Wildman–Crippen MR) is 134 cm³/mol. The van der Waals surface area contributed by atoms with E-state index in [0.717, 1.165) is 59.5 Å². The monoisotopic (exact) mass is 471 g/mol. The largest absolute Gasteiger partial charge is 0.332 e. The van der Waals surface area contributed by atoms with Crippen LogP contribution in [-0.2, 0) is 6.54 Å². The number of aromatic nitrogens is 1. The molecule has 3 aromatic rings. The number of fused-ring (bicyclic) bond motifs is 3. The fraction of sp³-hybridized carbons (Fsp3) is 0.414. The first-order valence-electron chi connectivity index (χ1n) is 12.7. The van der Waals surface area contributed by atoms with Crippen molar-refractivity contribution in [2.24, 2.45) is 17.8 Å². The van der Waals surface area contributed by atoms with Crippen LogP contribution in [0.3, 0.4) is 0 Å². The molecule has 2 heterocycles. The highest BCUT2D eigenvalue weighted by molar-refractivity contribution is 6.30. The lowest BCUT2D eigenvalue weighted by atomic mass is 9.53. The van der Waals surface area contributed by atoms with Gasteiger partial charge < -0.3 is 14.8 Å². The minimum Gasteiger partial charge on any atom is -0.332 e. The molecule has 4 bridgehead atoms. The van der Waals surface area contributed by atoms with Crippen molar-refractivity contribution >= 4 is 17.6 Å². The van der Waals surface area contributed by atoms with Crippen molar-refractivity contribution in [2.45, 2.75) is 56.7 Å². The fourth-order valence-electron chi connectivity index (χ4n) is 7.90. The Morgan fingerprint density at radius 3 is 2.26 bits per heavy atom. The van der Waals surface area contributed by atoms with E-state index in [9.17, 15) is 4.79 Å². The number of hydrogen-bond donors (Lipinski definition) is 1. The van der Waals surface area contributed by atoms with E-state index in [4.69, 9.17) is 11.6 Å². The fourth-order valence-corrected chi connectivity index (χ4v) is 8.02. The smallest absolute Gasteiger partial charge is 0.318 e. The molecule has 34 heavy (non-hydrogen) atoms. The molecule has 0 spiro atoms. The van der Waals surface area contributed by atoms with Crippen LogP contribution in [0.5, 0.6) is 0 Å². The minimum absolute atomic E-state index is 0.0236. The molecule has 1 aromatic heterocycles. The van der Waals surface area contributed by atoms with Crippen LogP contribution in [0.4, 0.5) is 4.79 Å². The van der Waals surface area contributed by atoms with Crippen LogP contribution in [0, 0.1) is 17.8 Å². The van der Waals surface area contributed by atoms with Gasteiger partial charge in [-0.2, -0.15) is 0 Å². The quantitative estimate of drug-likeness (QED) is 0.442. The summed E-state index contributed by atoms with van der Waals surface area (Å²) in [7, 11) is 0. The van der Waals surface area contributed by atoms with E-state index >= 15 is 0 Å². The summed E-state index contributed by atoms with van der Waals surface area (Å²) in [4.78, 5) is 16.3. The van der Waals surface area contributed by atoms with Gasteiger partial charge >= 0.3 is 6.03 Å². The van der Waals surface area contributed by atoms with Gasteiger partial charge in [0, 0.05) is 22.5 Å². The van der Waals surface area contributed by atoms with Crippen LogP contribution in [0.15, 0.2) is 66.9 Å². The van der Waals surface area contributed by atoms with Crippen LogP contribution in [0.1, 0.15) is 61.4 Å². The number of carbonyl (C=O) groups is 1. The third kappa shape index (κ3) is 3.30. The molecule has 5 aliphatic rings. The third-order valence-electron chi connectivity index (χ3n) is 8.82. The Labute approximate surface area is 205 Å². The molecule has 1 N–H and O–H groups in total. The number of benzene rings is 2. The van der Waals surface area contributed by atoms with E-state index in [1.165, 1.54) is 19.3 Å². The van der Waals surface area contributed by atoms with Crippen LogP contribution in [0.25, 0.3) is 5.69 Å². The number of halogens is 1. The summed E-state index contributed by atoms with van der Waals surface area (Å²) >= 11 is 6.24. The summed E-state index contributed by atoms with van der Waals surface area (Å²) in [6.07, 6.45) is 9.66. The van der Waals surface area contributed by atoms with Crippen molar-refractivity contribution in [1.82, 2.24) is 14.8 Å². The number of para-hydroxylation sites is 1. The normalized spacial score (nSPS) is 31.0. The van der Waals surface area contributed by atoms with Gasteiger partial charge in [0.1, 0.15) is 0 Å². The summed E-state index contributed by atoms with van der Waals surface area (Å²) in [5.74, 6) is 2.38. The Balaban J connectivity index is 1.30. The number of hydrogen-bond acceptors (Lipinski definition) is 1. The number of nitrogens with zero attached hydrogens (tertiary/aromatic N) is 2. The van der Waals surface area contributed by atoms with E-state index in [-0.39, 0.29) is 17.6 Å². The summed E-state index contributed by atoms with van der Waals surface area (Å²) < 4.78 is 2.24. The first-order valence-corrected chi connectivity index (χ1v) is 13.0. The Bertz CT molecular complexity index is 1210. The second kappa shape index (κ2) is 7.64. The van der Waals surface area contributed by atoms with Crippen LogP contribution in [-0.4, -0.2) is 21.0 Å². The maximum atomic E-state index is 14.2. The van der Waals surface area contributed by atoms with Gasteiger partial charge in [-0.25, -0.2) is 4.79 Å². The average Bonchev–Trinajstić information content (AvgIpc) is 3.23. The molecule has 5 heteroatoms. The highest BCUT2D eigenvalue weighted by Gasteiger charge is 2.52. The van der Waals surface area contributed by atoms with Crippen molar-refractivity contribution in [1.29, 1.82) is 0 Å². The molecule has 0 saturated heterocycles. The topological polar surface area (TPSA) is 37.3 Å². The molecule has 4 fully saturated rings. The Morgan fingerprint density at radius 2 is 1.56 bits per heavy atom. The van der Waals surface area contributed by atoms with Gasteiger partial charge in [-0.05, 0) is 97.7 Å². The maximum Gasteiger partial charge on any atom is 0.318 e. The van der Waals surface area contributed by atoms with Crippen molar-refractivity contribution < 1.29 is 4.79 Å². The van der Waals surface area contributed by atoms with E-state index in [1.54, 1.807) is 0 Å². The maximum absolute atomic E-state index is 14.2. The molecule has 4 aliphatic carbocycles. The molecule has 4 saturated carbocycles. The third-order valence-corrected chi connectivity index (χ3v) is 9.07. The molecule has 8 rings (SSSR count). The highest BCUT2D eigenvalue weighted by atomic mass is 35.5. The Hall–Kier alpha value is -2.72. The number of rotatable bonds is 2. The van der Waals surface area contributed by atoms with E-state index in [0.29, 0.717) is 11.6 Å². The van der Waals surface area contributed by atoms with Gasteiger partial charge in [0.2, 0.25) is 0 Å². The van der Waals surface area contributed by atoms with Gasteiger partial charge in [0.25, 0.3) is 0 Å². The van der Waals surface area contributed by atoms with E-state index in [1.807, 2.05) is 12.1 Å². The zero-order valence-electron chi connectivity index (χ0n) is 19.3. The van der Waals surface area contributed by atoms with Gasteiger partial charge in [0.15, 0.2) is 0 Å². The molecular weight excluding hydrogens is 442 g/mol. The summed E-state index contributed by atoms with van der Waals surface area (Å²) in [6, 6.07) is 20.5. The van der Waals surface area contributed by atoms with Gasteiger partial charge in [-0.1, -0.05) is 41.9 Å². The van der Waals surface area contributed by atoms with Gasteiger partial charge in [0.05, 0.1) is 18.3 Å². The Kier molecular flexibility index (Phi) is 4.64. The van der Waals surface area contributed by atoms with Crippen LogP contribution >= 0.6 is 11.6 Å². The molecule has 1 unspecified atom stereocenters. The highest BCUT2D eigenvalue weighted by Crippen LogP contribution is 2.55. The van der Waals surface area contributed by atoms with Gasteiger partial charge in [-0.15, -0.1) is 0 Å². The van der Waals surface area contributed by atoms with Crippen molar-refractivity contribution in [3.63, 3.8) is 0 Å². The summed E-state index contributed by atoms with van der Waals surface area (Å²) in [5, 5.41) is 4.35. The van der Waals surface area contributed by atoms with E-state index in [2.05, 4.69) is 69.5 Å². The molecule has 174 valence electrons. The van der Waals surface area contributed by atoms with Crippen LogP contribution in [0.2, 0.25) is 5.02 Å². The molecular formula is C29H30ClN3O. The molecule has 2 aromatic carbocycles. The van der Waals surface area contributed by atoms with Crippen LogP contribution < -0.4 is 5.32 Å². The number of amides is 2. The number of nitrogens with one attached hydrogen (secondary N) is 1. The summed E-state index contributed by atoms with van der Waals surface area (Å²) in [6.45, 7) is 0.573. The lowest BCUT2D eigenvalue weighted by Gasteiger charge is -2.57. The Morgan fingerprint density at radius 1 is 0.882 bits per heavy atom. The SMILES string of the molecule is O=C(NC12CC3CC(CC(C3)C1)C2)N1Cc2ccccc2-n2cccc2C1c1ccc(Cl)cc1.